The minimum absolute atomic E-state index is 0.494. The van der Waals surface area contributed by atoms with Crippen molar-refractivity contribution in [2.75, 3.05) is 36.0 Å². The van der Waals surface area contributed by atoms with Crippen LogP contribution in [-0.2, 0) is 7.05 Å². The van der Waals surface area contributed by atoms with Gasteiger partial charge in [0.2, 0.25) is 0 Å². The predicted octanol–water partition coefficient (Wildman–Crippen LogP) is 2.35. The van der Waals surface area contributed by atoms with Crippen molar-refractivity contribution >= 4 is 23.7 Å². The molecule has 0 spiro atoms. The molecule has 112 valence electrons. The molecular weight excluding hydrogens is 294 g/mol. The normalized spacial score (nSPS) is 14.7. The third-order valence-electron chi connectivity index (χ3n) is 3.92. The van der Waals surface area contributed by atoms with Gasteiger partial charge in [0.25, 0.3) is 0 Å². The Morgan fingerprint density at radius 2 is 1.73 bits per heavy atom. The van der Waals surface area contributed by atoms with E-state index >= 15 is 0 Å². The Labute approximate surface area is 135 Å². The Morgan fingerprint density at radius 1 is 1.09 bits per heavy atom. The molecule has 1 fully saturated rings. The van der Waals surface area contributed by atoms with Crippen molar-refractivity contribution in [1.82, 2.24) is 9.55 Å². The summed E-state index contributed by atoms with van der Waals surface area (Å²) < 4.78 is 2.25. The number of rotatable bonds is 2. The van der Waals surface area contributed by atoms with Gasteiger partial charge >= 0.3 is 0 Å². The maximum absolute atomic E-state index is 9.38. The molecule has 1 aromatic heterocycles. The fourth-order valence-corrected chi connectivity index (χ4v) is 2.87. The van der Waals surface area contributed by atoms with Crippen LogP contribution in [0.3, 0.4) is 0 Å². The predicted molar refractivity (Wildman–Crippen MR) is 89.6 cm³/mol. The summed E-state index contributed by atoms with van der Waals surface area (Å²) in [6.45, 7) is 3.48. The molecular formula is C16H17N5S. The number of piperazine rings is 1. The lowest BCUT2D eigenvalue weighted by molar-refractivity contribution is 0.643. The van der Waals surface area contributed by atoms with Crippen molar-refractivity contribution in [1.29, 1.82) is 5.26 Å². The zero-order valence-corrected chi connectivity index (χ0v) is 13.3. The third kappa shape index (κ3) is 2.68. The summed E-state index contributed by atoms with van der Waals surface area (Å²) in [4.78, 5) is 8.91. The quantitative estimate of drug-likeness (QED) is 0.797. The summed E-state index contributed by atoms with van der Waals surface area (Å²) in [7, 11) is 1.81. The van der Waals surface area contributed by atoms with Crippen molar-refractivity contribution in [3.05, 3.63) is 46.9 Å². The van der Waals surface area contributed by atoms with Crippen LogP contribution in [0.5, 0.6) is 0 Å². The highest BCUT2D eigenvalue weighted by molar-refractivity contribution is 7.71. The molecule has 2 heterocycles. The summed E-state index contributed by atoms with van der Waals surface area (Å²) in [5.74, 6) is 0.707. The number of nitrogens with zero attached hydrogens (tertiary/aromatic N) is 5. The van der Waals surface area contributed by atoms with Crippen molar-refractivity contribution < 1.29 is 0 Å². The first-order chi connectivity index (χ1) is 10.7. The molecule has 2 aromatic rings. The van der Waals surface area contributed by atoms with Gasteiger partial charge in [-0.2, -0.15) is 5.26 Å². The van der Waals surface area contributed by atoms with E-state index in [1.54, 1.807) is 10.9 Å². The first-order valence-corrected chi connectivity index (χ1v) is 7.62. The molecule has 0 N–H and O–H groups in total. The van der Waals surface area contributed by atoms with Crippen LogP contribution in [0, 0.1) is 16.0 Å². The van der Waals surface area contributed by atoms with E-state index in [0.717, 1.165) is 26.2 Å². The monoisotopic (exact) mass is 311 g/mol. The Kier molecular flexibility index (Phi) is 4.07. The maximum atomic E-state index is 9.38. The molecule has 0 saturated carbocycles. The molecule has 0 amide bonds. The molecule has 3 rings (SSSR count). The molecule has 0 aliphatic carbocycles. The topological polar surface area (TPSA) is 48.1 Å². The minimum atomic E-state index is 0.494. The molecule has 0 bridgehead atoms. The molecule has 1 aliphatic heterocycles. The van der Waals surface area contributed by atoms with Gasteiger partial charge in [-0.1, -0.05) is 30.4 Å². The summed E-state index contributed by atoms with van der Waals surface area (Å²) >= 11 is 5.31. The second-order valence-electron chi connectivity index (χ2n) is 5.28. The van der Waals surface area contributed by atoms with Crippen LogP contribution in [-0.4, -0.2) is 35.7 Å². The smallest absolute Gasteiger partial charge is 0.151 e. The molecule has 1 aromatic carbocycles. The SMILES string of the molecule is Cn1cnc(N2CCN(c3ccccc3)CC2)c(C#N)c1=S. The highest BCUT2D eigenvalue weighted by Gasteiger charge is 2.21. The first-order valence-electron chi connectivity index (χ1n) is 7.21. The summed E-state index contributed by atoms with van der Waals surface area (Å²) in [5.41, 5.74) is 1.73. The minimum Gasteiger partial charge on any atom is -0.368 e. The summed E-state index contributed by atoms with van der Waals surface area (Å²) in [5, 5.41) is 9.38. The number of para-hydroxylation sites is 1. The van der Waals surface area contributed by atoms with Crippen molar-refractivity contribution in [3.63, 3.8) is 0 Å². The summed E-state index contributed by atoms with van der Waals surface area (Å²) in [6, 6.07) is 12.6. The van der Waals surface area contributed by atoms with Gasteiger partial charge in [0, 0.05) is 38.9 Å². The van der Waals surface area contributed by atoms with Gasteiger partial charge in [-0.3, -0.25) is 0 Å². The van der Waals surface area contributed by atoms with Gasteiger partial charge in [-0.15, -0.1) is 0 Å². The van der Waals surface area contributed by atoms with Gasteiger partial charge in [-0.25, -0.2) is 4.98 Å². The number of hydrogen-bond acceptors (Lipinski definition) is 5. The van der Waals surface area contributed by atoms with Crippen LogP contribution in [0.4, 0.5) is 11.5 Å². The maximum Gasteiger partial charge on any atom is 0.151 e. The number of benzene rings is 1. The van der Waals surface area contributed by atoms with Crippen LogP contribution in [0.15, 0.2) is 36.7 Å². The number of anilines is 2. The molecule has 0 atom stereocenters. The second kappa shape index (κ2) is 6.16. The standard InChI is InChI=1S/C16H17N5S/c1-19-12-18-15(14(11-17)16(19)22)21-9-7-20(8-10-21)13-5-3-2-4-6-13/h2-6,12H,7-10H2,1H3. The Bertz CT molecular complexity index is 754. The molecule has 0 radical (unpaired) electrons. The average molecular weight is 311 g/mol. The van der Waals surface area contributed by atoms with Crippen LogP contribution in [0.2, 0.25) is 0 Å². The van der Waals surface area contributed by atoms with Gasteiger partial charge in [-0.05, 0) is 12.1 Å². The van der Waals surface area contributed by atoms with E-state index in [-0.39, 0.29) is 0 Å². The van der Waals surface area contributed by atoms with E-state index in [9.17, 15) is 5.26 Å². The molecule has 22 heavy (non-hydrogen) atoms. The molecule has 1 saturated heterocycles. The lowest BCUT2D eigenvalue weighted by atomic mass is 10.2. The Hall–Kier alpha value is -2.39. The van der Waals surface area contributed by atoms with E-state index in [4.69, 9.17) is 12.2 Å². The highest BCUT2D eigenvalue weighted by atomic mass is 32.1. The lowest BCUT2D eigenvalue weighted by Crippen LogP contribution is -2.47. The van der Waals surface area contributed by atoms with Crippen molar-refractivity contribution in [2.45, 2.75) is 0 Å². The van der Waals surface area contributed by atoms with Gasteiger partial charge in [0.15, 0.2) is 5.82 Å². The molecule has 0 unspecified atom stereocenters. The lowest BCUT2D eigenvalue weighted by Gasteiger charge is -2.37. The van der Waals surface area contributed by atoms with Crippen LogP contribution < -0.4 is 9.80 Å². The number of aryl methyl sites for hydroxylation is 1. The molecule has 6 heteroatoms. The van der Waals surface area contributed by atoms with E-state index in [0.29, 0.717) is 16.0 Å². The highest BCUT2D eigenvalue weighted by Crippen LogP contribution is 2.21. The first kappa shape index (κ1) is 14.5. The van der Waals surface area contributed by atoms with E-state index in [2.05, 4.69) is 45.1 Å². The van der Waals surface area contributed by atoms with Crippen LogP contribution >= 0.6 is 12.2 Å². The number of hydrogen-bond donors (Lipinski definition) is 0. The van der Waals surface area contributed by atoms with Gasteiger partial charge < -0.3 is 14.4 Å². The molecule has 5 nitrogen and oxygen atoms in total. The van der Waals surface area contributed by atoms with Gasteiger partial charge in [0.1, 0.15) is 16.3 Å². The van der Waals surface area contributed by atoms with Gasteiger partial charge in [0.05, 0.1) is 6.33 Å². The average Bonchev–Trinajstić information content (AvgIpc) is 2.58. The van der Waals surface area contributed by atoms with Crippen LogP contribution in [0.1, 0.15) is 5.56 Å². The fourth-order valence-electron chi connectivity index (χ4n) is 2.68. The second-order valence-corrected chi connectivity index (χ2v) is 5.67. The van der Waals surface area contributed by atoms with Crippen LogP contribution in [0.25, 0.3) is 0 Å². The largest absolute Gasteiger partial charge is 0.368 e. The number of aromatic nitrogens is 2. The summed E-state index contributed by atoms with van der Waals surface area (Å²) in [6.07, 6.45) is 1.68. The number of nitriles is 1. The Morgan fingerprint density at radius 3 is 2.36 bits per heavy atom. The van der Waals surface area contributed by atoms with Crippen molar-refractivity contribution in [2.24, 2.45) is 7.05 Å². The molecule has 1 aliphatic rings. The zero-order valence-electron chi connectivity index (χ0n) is 12.4. The third-order valence-corrected chi connectivity index (χ3v) is 4.42. The van der Waals surface area contributed by atoms with E-state index < -0.39 is 0 Å². The zero-order chi connectivity index (χ0) is 15.5. The van der Waals surface area contributed by atoms with E-state index in [1.807, 2.05) is 13.1 Å². The van der Waals surface area contributed by atoms with E-state index in [1.165, 1.54) is 5.69 Å². The van der Waals surface area contributed by atoms with Crippen molar-refractivity contribution in [3.8, 4) is 6.07 Å². The Balaban J connectivity index is 1.79. The fraction of sp³-hybridized carbons (Fsp3) is 0.312.